The largest absolute Gasteiger partial charge is 0.399 e. The minimum Gasteiger partial charge on any atom is -0.399 e. The van der Waals surface area contributed by atoms with Crippen molar-refractivity contribution in [3.63, 3.8) is 0 Å². The second kappa shape index (κ2) is 4.88. The summed E-state index contributed by atoms with van der Waals surface area (Å²) in [5.74, 6) is 0. The van der Waals surface area contributed by atoms with Crippen LogP contribution in [-0.2, 0) is 0 Å². The van der Waals surface area contributed by atoms with Crippen LogP contribution >= 0.6 is 12.6 Å². The highest BCUT2D eigenvalue weighted by atomic mass is 32.1. The van der Waals surface area contributed by atoms with E-state index in [4.69, 9.17) is 11.5 Å². The van der Waals surface area contributed by atoms with E-state index < -0.39 is 0 Å². The van der Waals surface area contributed by atoms with Gasteiger partial charge in [0.1, 0.15) is 5.69 Å². The highest BCUT2D eigenvalue weighted by Gasteiger charge is 1.97. The number of hydrogen-bond acceptors (Lipinski definition) is 5. The van der Waals surface area contributed by atoms with Crippen molar-refractivity contribution in [3.05, 3.63) is 42.5 Å². The average Bonchev–Trinajstić information content (AvgIpc) is 2.30. The quantitative estimate of drug-likeness (QED) is 0.429. The molecular formula is C12H12N4S. The summed E-state index contributed by atoms with van der Waals surface area (Å²) in [5.41, 5.74) is 13.8. The van der Waals surface area contributed by atoms with E-state index in [9.17, 15) is 0 Å². The molecule has 4 nitrogen and oxygen atoms in total. The number of nitrogen functional groups attached to an aromatic ring is 2. The van der Waals surface area contributed by atoms with Gasteiger partial charge in [-0.2, -0.15) is 5.11 Å². The van der Waals surface area contributed by atoms with E-state index >= 15 is 0 Å². The van der Waals surface area contributed by atoms with Crippen molar-refractivity contribution in [1.82, 2.24) is 0 Å². The van der Waals surface area contributed by atoms with E-state index in [0.29, 0.717) is 17.1 Å². The van der Waals surface area contributed by atoms with Crippen LogP contribution in [0.25, 0.3) is 0 Å². The highest BCUT2D eigenvalue weighted by molar-refractivity contribution is 7.80. The van der Waals surface area contributed by atoms with Crippen LogP contribution in [-0.4, -0.2) is 0 Å². The molecule has 0 aliphatic heterocycles. The third-order valence-electron chi connectivity index (χ3n) is 2.17. The van der Waals surface area contributed by atoms with Crippen molar-refractivity contribution in [2.24, 2.45) is 10.2 Å². The zero-order chi connectivity index (χ0) is 12.3. The zero-order valence-corrected chi connectivity index (χ0v) is 9.93. The van der Waals surface area contributed by atoms with Gasteiger partial charge in [0.2, 0.25) is 0 Å². The number of rotatable bonds is 2. The first kappa shape index (κ1) is 11.5. The lowest BCUT2D eigenvalue weighted by Gasteiger charge is -2.00. The number of hydrogen-bond donors (Lipinski definition) is 3. The van der Waals surface area contributed by atoms with Crippen LogP contribution in [0.3, 0.4) is 0 Å². The number of nitrogens with two attached hydrogens (primary N) is 2. The molecule has 86 valence electrons. The lowest BCUT2D eigenvalue weighted by atomic mass is 10.2. The van der Waals surface area contributed by atoms with Gasteiger partial charge in [-0.25, -0.2) is 0 Å². The van der Waals surface area contributed by atoms with E-state index in [2.05, 4.69) is 22.9 Å². The summed E-state index contributed by atoms with van der Waals surface area (Å²) >= 11 is 4.19. The molecule has 0 unspecified atom stereocenters. The summed E-state index contributed by atoms with van der Waals surface area (Å²) in [6.07, 6.45) is 0. The van der Waals surface area contributed by atoms with Crippen LogP contribution in [0.15, 0.2) is 57.6 Å². The first-order chi connectivity index (χ1) is 8.15. The van der Waals surface area contributed by atoms with Crippen molar-refractivity contribution in [3.8, 4) is 0 Å². The molecule has 0 fully saturated rings. The molecule has 0 aromatic heterocycles. The second-order valence-electron chi connectivity index (χ2n) is 3.53. The molecule has 0 atom stereocenters. The van der Waals surface area contributed by atoms with E-state index in [1.807, 2.05) is 24.3 Å². The average molecular weight is 244 g/mol. The maximum absolute atomic E-state index is 5.76. The zero-order valence-electron chi connectivity index (χ0n) is 9.04. The maximum atomic E-state index is 5.76. The van der Waals surface area contributed by atoms with Crippen LogP contribution < -0.4 is 11.5 Å². The molecule has 0 saturated heterocycles. The van der Waals surface area contributed by atoms with Gasteiger partial charge in [-0.3, -0.25) is 0 Å². The van der Waals surface area contributed by atoms with Gasteiger partial charge in [-0.05, 0) is 42.5 Å². The van der Waals surface area contributed by atoms with Gasteiger partial charge < -0.3 is 11.5 Å². The van der Waals surface area contributed by atoms with E-state index in [0.717, 1.165) is 10.6 Å². The van der Waals surface area contributed by atoms with Gasteiger partial charge in [-0.1, -0.05) is 0 Å². The van der Waals surface area contributed by atoms with Gasteiger partial charge in [0.15, 0.2) is 0 Å². The topological polar surface area (TPSA) is 76.8 Å². The molecule has 4 N–H and O–H groups in total. The minimum atomic E-state index is 0.513. The summed E-state index contributed by atoms with van der Waals surface area (Å²) in [6.45, 7) is 0. The van der Waals surface area contributed by atoms with Crippen LogP contribution in [0.4, 0.5) is 22.7 Å². The van der Waals surface area contributed by atoms with Crippen molar-refractivity contribution in [2.45, 2.75) is 4.90 Å². The molecule has 0 bridgehead atoms. The maximum Gasteiger partial charge on any atom is 0.109 e. The number of thiol groups is 1. The third kappa shape index (κ3) is 2.98. The molecule has 0 aliphatic rings. The summed E-state index contributed by atoms with van der Waals surface area (Å²) in [7, 11) is 0. The predicted molar refractivity (Wildman–Crippen MR) is 73.1 cm³/mol. The van der Waals surface area contributed by atoms with Crippen molar-refractivity contribution in [1.29, 1.82) is 0 Å². The number of azo groups is 1. The van der Waals surface area contributed by atoms with Gasteiger partial charge in [0, 0.05) is 10.6 Å². The van der Waals surface area contributed by atoms with Gasteiger partial charge in [-0.15, -0.1) is 17.7 Å². The molecule has 2 aromatic carbocycles. The normalized spacial score (nSPS) is 10.9. The van der Waals surface area contributed by atoms with Gasteiger partial charge in [0.25, 0.3) is 0 Å². The lowest BCUT2D eigenvalue weighted by Crippen LogP contribution is -1.89. The van der Waals surface area contributed by atoms with Crippen LogP contribution in [0.5, 0.6) is 0 Å². The Morgan fingerprint density at radius 3 is 2.24 bits per heavy atom. The molecule has 0 amide bonds. The second-order valence-corrected chi connectivity index (χ2v) is 4.05. The molecule has 0 spiro atoms. The summed E-state index contributed by atoms with van der Waals surface area (Å²) in [6, 6.07) is 12.5. The Kier molecular flexibility index (Phi) is 3.30. The molecule has 0 saturated carbocycles. The summed E-state index contributed by atoms with van der Waals surface area (Å²) in [4.78, 5) is 0.885. The molecule has 0 radical (unpaired) electrons. The summed E-state index contributed by atoms with van der Waals surface area (Å²) < 4.78 is 0. The Hall–Kier alpha value is -2.01. The Labute approximate surface area is 105 Å². The Balaban J connectivity index is 2.23. The standard InChI is InChI=1S/C12H12N4S/c13-8-1-6-12(11(14)7-8)16-15-9-2-4-10(17)5-3-9/h1-7,17H,13-14H2. The lowest BCUT2D eigenvalue weighted by molar-refractivity contribution is 1.23. The fraction of sp³-hybridized carbons (Fsp3) is 0. The highest BCUT2D eigenvalue weighted by Crippen LogP contribution is 2.26. The number of benzene rings is 2. The van der Waals surface area contributed by atoms with Gasteiger partial charge >= 0.3 is 0 Å². The van der Waals surface area contributed by atoms with Crippen LogP contribution in [0.2, 0.25) is 0 Å². The first-order valence-corrected chi connectivity index (χ1v) is 5.45. The van der Waals surface area contributed by atoms with E-state index in [-0.39, 0.29) is 0 Å². The Morgan fingerprint density at radius 1 is 0.882 bits per heavy atom. The van der Waals surface area contributed by atoms with Crippen LogP contribution in [0.1, 0.15) is 0 Å². The molecule has 0 heterocycles. The molecule has 2 aromatic rings. The monoisotopic (exact) mass is 244 g/mol. The Morgan fingerprint density at radius 2 is 1.59 bits per heavy atom. The molecule has 2 rings (SSSR count). The van der Waals surface area contributed by atoms with Crippen LogP contribution in [0, 0.1) is 0 Å². The minimum absolute atomic E-state index is 0.513. The van der Waals surface area contributed by atoms with E-state index in [1.165, 1.54) is 0 Å². The summed E-state index contributed by atoms with van der Waals surface area (Å²) in [5, 5.41) is 8.14. The number of anilines is 2. The van der Waals surface area contributed by atoms with Crippen molar-refractivity contribution >= 4 is 35.4 Å². The smallest absolute Gasteiger partial charge is 0.109 e. The molecule has 17 heavy (non-hydrogen) atoms. The third-order valence-corrected chi connectivity index (χ3v) is 2.47. The molecule has 0 aliphatic carbocycles. The van der Waals surface area contributed by atoms with E-state index in [1.54, 1.807) is 18.2 Å². The van der Waals surface area contributed by atoms with Gasteiger partial charge in [0.05, 0.1) is 11.4 Å². The van der Waals surface area contributed by atoms with Crippen molar-refractivity contribution in [2.75, 3.05) is 11.5 Å². The predicted octanol–water partition coefficient (Wildman–Crippen LogP) is 3.56. The molecular weight excluding hydrogens is 232 g/mol. The fourth-order valence-corrected chi connectivity index (χ4v) is 1.44. The Bertz CT molecular complexity index is 549. The fourth-order valence-electron chi connectivity index (χ4n) is 1.29. The number of nitrogens with zero attached hydrogens (tertiary/aromatic N) is 2. The van der Waals surface area contributed by atoms with Crippen molar-refractivity contribution < 1.29 is 0 Å². The molecule has 5 heteroatoms. The first-order valence-electron chi connectivity index (χ1n) is 5.01. The SMILES string of the molecule is Nc1ccc(N=Nc2ccc(S)cc2)c(N)c1.